The van der Waals surface area contributed by atoms with E-state index in [1.807, 2.05) is 0 Å². The van der Waals surface area contributed by atoms with Crippen LogP contribution in [0.3, 0.4) is 0 Å². The summed E-state index contributed by atoms with van der Waals surface area (Å²) >= 11 is 0. The number of rotatable bonds is 28. The number of hydrogen-bond acceptors (Lipinski definition) is 3. The Bertz CT molecular complexity index is 818. The number of hydrogen-bond donors (Lipinski definition) is 1. The zero-order valence-corrected chi connectivity index (χ0v) is 26.1. The van der Waals surface area contributed by atoms with Crippen LogP contribution in [0, 0.1) is 0 Å². The van der Waals surface area contributed by atoms with Gasteiger partial charge in [0, 0.05) is 12.0 Å². The van der Waals surface area contributed by atoms with E-state index in [0.717, 1.165) is 19.3 Å². The van der Waals surface area contributed by atoms with Crippen molar-refractivity contribution in [3.8, 4) is 0 Å². The second-order valence-electron chi connectivity index (χ2n) is 11.6. The molecule has 0 heterocycles. The van der Waals surface area contributed by atoms with Gasteiger partial charge in [0.15, 0.2) is 5.78 Å². The van der Waals surface area contributed by atoms with Crippen molar-refractivity contribution >= 4 is 15.9 Å². The maximum absolute atomic E-state index is 12.4. The number of unbranched alkanes of at least 4 members (excludes halogenated alkanes) is 24. The Morgan fingerprint density at radius 3 is 1.18 bits per heavy atom. The minimum atomic E-state index is -4.37. The fourth-order valence-electron chi connectivity index (χ4n) is 5.48. The maximum Gasteiger partial charge on any atom is 0.295 e. The first-order valence-electron chi connectivity index (χ1n) is 16.6. The van der Waals surface area contributed by atoms with Gasteiger partial charge in [0.05, 0.1) is 0 Å². The van der Waals surface area contributed by atoms with Crippen molar-refractivity contribution in [3.05, 3.63) is 29.8 Å². The highest BCUT2D eigenvalue weighted by molar-refractivity contribution is 7.86. The zero-order valence-electron chi connectivity index (χ0n) is 25.3. The first kappa shape index (κ1) is 35.8. The van der Waals surface area contributed by atoms with Gasteiger partial charge in [-0.3, -0.25) is 9.35 Å². The van der Waals surface area contributed by atoms with E-state index < -0.39 is 10.1 Å². The molecule has 5 heteroatoms. The molecule has 39 heavy (non-hydrogen) atoms. The van der Waals surface area contributed by atoms with Crippen LogP contribution in [0.15, 0.2) is 29.2 Å². The Morgan fingerprint density at radius 2 is 0.846 bits per heavy atom. The Balaban J connectivity index is 1.80. The van der Waals surface area contributed by atoms with Gasteiger partial charge < -0.3 is 0 Å². The number of ketones is 1. The molecule has 1 N–H and O–H groups in total. The lowest BCUT2D eigenvalue weighted by Gasteiger charge is -2.06. The number of carbonyl (C=O) groups excluding carboxylic acids is 1. The smallest absolute Gasteiger partial charge is 0.294 e. The summed E-state index contributed by atoms with van der Waals surface area (Å²) in [6, 6.07) is 5.90. The van der Waals surface area contributed by atoms with E-state index in [-0.39, 0.29) is 16.2 Å². The van der Waals surface area contributed by atoms with Gasteiger partial charge in [-0.1, -0.05) is 179 Å². The van der Waals surface area contributed by atoms with Gasteiger partial charge in [-0.15, -0.1) is 0 Å². The molecule has 0 bridgehead atoms. The van der Waals surface area contributed by atoms with Crippen molar-refractivity contribution in [2.75, 3.05) is 0 Å². The molecule has 0 amide bonds. The fraction of sp³-hybridized carbons (Fsp3) is 0.794. The Kier molecular flexibility index (Phi) is 22.6. The molecule has 1 rings (SSSR count). The van der Waals surface area contributed by atoms with Gasteiger partial charge >= 0.3 is 0 Å². The molecule has 4 nitrogen and oxygen atoms in total. The lowest BCUT2D eigenvalue weighted by Crippen LogP contribution is -2.08. The first-order chi connectivity index (χ1) is 19.0. The van der Waals surface area contributed by atoms with Gasteiger partial charge in [0.1, 0.15) is 4.90 Å². The van der Waals surface area contributed by atoms with E-state index in [9.17, 15) is 17.8 Å². The third-order valence-electron chi connectivity index (χ3n) is 7.97. The Hall–Kier alpha value is -1.20. The molecule has 0 atom stereocenters. The van der Waals surface area contributed by atoms with Crippen molar-refractivity contribution in [2.24, 2.45) is 0 Å². The molecular formula is C34H60O4S. The number of carbonyl (C=O) groups is 1. The van der Waals surface area contributed by atoms with Crippen LogP contribution in [-0.4, -0.2) is 18.8 Å². The summed E-state index contributed by atoms with van der Waals surface area (Å²) in [5.41, 5.74) is 0.101. The molecule has 0 radical (unpaired) electrons. The summed E-state index contributed by atoms with van der Waals surface area (Å²) in [5.74, 6) is -0.211. The predicted octanol–water partition coefficient (Wildman–Crippen LogP) is 11.3. The lowest BCUT2D eigenvalue weighted by atomic mass is 10.0. The van der Waals surface area contributed by atoms with E-state index >= 15 is 0 Å². The topological polar surface area (TPSA) is 71.4 Å². The van der Waals surface area contributed by atoms with Gasteiger partial charge in [0.2, 0.25) is 0 Å². The summed E-state index contributed by atoms with van der Waals surface area (Å²) < 4.78 is 32.2. The van der Waals surface area contributed by atoms with Crippen LogP contribution in [0.2, 0.25) is 0 Å². The average Bonchev–Trinajstić information content (AvgIpc) is 2.92. The summed E-state index contributed by atoms with van der Waals surface area (Å²) in [7, 11) is -4.37. The summed E-state index contributed by atoms with van der Waals surface area (Å²) in [6.45, 7) is 2.29. The molecule has 226 valence electrons. The van der Waals surface area contributed by atoms with Crippen molar-refractivity contribution in [1.82, 2.24) is 0 Å². The van der Waals surface area contributed by atoms with E-state index in [1.165, 1.54) is 159 Å². The molecule has 0 spiro atoms. The monoisotopic (exact) mass is 564 g/mol. The predicted molar refractivity (Wildman–Crippen MR) is 166 cm³/mol. The third-order valence-corrected chi connectivity index (χ3v) is 8.88. The quantitative estimate of drug-likeness (QED) is 0.0624. The number of benzene rings is 1. The summed E-state index contributed by atoms with van der Waals surface area (Å²) in [5, 5.41) is 0. The van der Waals surface area contributed by atoms with E-state index in [2.05, 4.69) is 6.92 Å². The van der Waals surface area contributed by atoms with Crippen LogP contribution in [0.4, 0.5) is 0 Å². The minimum Gasteiger partial charge on any atom is -0.294 e. The molecule has 0 saturated carbocycles. The van der Waals surface area contributed by atoms with Crippen molar-refractivity contribution in [3.63, 3.8) is 0 Å². The largest absolute Gasteiger partial charge is 0.295 e. The normalized spacial score (nSPS) is 11.7. The highest BCUT2D eigenvalue weighted by atomic mass is 32.2. The van der Waals surface area contributed by atoms with Crippen molar-refractivity contribution in [2.45, 2.75) is 179 Å². The standard InChI is InChI=1S/C34H60O4S/c1-2-3-4-5-6-7-8-9-10-11-12-13-14-15-16-17-18-19-20-21-22-23-24-25-26-30-33(35)32-29-27-28-31-34(32)39(36,37)38/h27-29,31H,2-26,30H2,1H3,(H,36,37,38). The molecule has 1 aromatic rings. The molecular weight excluding hydrogens is 504 g/mol. The minimum absolute atomic E-state index is 0.101. The SMILES string of the molecule is CCCCCCCCCCCCCCCCCCCCCCCCCCCC(=O)c1ccccc1S(=O)(=O)O. The highest BCUT2D eigenvalue weighted by Gasteiger charge is 2.19. The van der Waals surface area contributed by atoms with Gasteiger partial charge in [0.25, 0.3) is 10.1 Å². The molecule has 1 aromatic carbocycles. The van der Waals surface area contributed by atoms with Gasteiger partial charge in [-0.05, 0) is 12.5 Å². The molecule has 0 aromatic heterocycles. The van der Waals surface area contributed by atoms with E-state index in [0.29, 0.717) is 6.42 Å². The van der Waals surface area contributed by atoms with Gasteiger partial charge in [-0.2, -0.15) is 8.42 Å². The van der Waals surface area contributed by atoms with Crippen molar-refractivity contribution in [1.29, 1.82) is 0 Å². The second-order valence-corrected chi connectivity index (χ2v) is 13.0. The maximum atomic E-state index is 12.4. The zero-order chi connectivity index (χ0) is 28.4. The lowest BCUT2D eigenvalue weighted by molar-refractivity contribution is 0.0975. The highest BCUT2D eigenvalue weighted by Crippen LogP contribution is 2.19. The first-order valence-corrected chi connectivity index (χ1v) is 18.0. The number of Topliss-reactive ketones (excluding diaryl/α,β-unsaturated/α-hetero) is 1. The fourth-order valence-corrected chi connectivity index (χ4v) is 6.19. The van der Waals surface area contributed by atoms with Crippen LogP contribution in [0.5, 0.6) is 0 Å². The summed E-state index contributed by atoms with van der Waals surface area (Å²) in [4.78, 5) is 12.1. The molecule has 0 saturated heterocycles. The van der Waals surface area contributed by atoms with Crippen LogP contribution in [0.25, 0.3) is 0 Å². The average molecular weight is 565 g/mol. The van der Waals surface area contributed by atoms with Crippen LogP contribution < -0.4 is 0 Å². The third kappa shape index (κ3) is 20.3. The molecule has 0 aliphatic carbocycles. The molecule has 0 fully saturated rings. The van der Waals surface area contributed by atoms with Crippen molar-refractivity contribution < 1.29 is 17.8 Å². The Morgan fingerprint density at radius 1 is 0.538 bits per heavy atom. The summed E-state index contributed by atoms with van der Waals surface area (Å²) in [6.07, 6.45) is 33.9. The van der Waals surface area contributed by atoms with E-state index in [4.69, 9.17) is 0 Å². The van der Waals surface area contributed by atoms with Crippen LogP contribution >= 0.6 is 0 Å². The Labute approximate surface area is 241 Å². The molecule has 0 unspecified atom stereocenters. The molecule has 0 aliphatic rings. The van der Waals surface area contributed by atoms with Gasteiger partial charge in [-0.25, -0.2) is 0 Å². The molecule has 0 aliphatic heterocycles. The second kappa shape index (κ2) is 24.6. The van der Waals surface area contributed by atoms with Crippen LogP contribution in [-0.2, 0) is 10.1 Å². The van der Waals surface area contributed by atoms with E-state index in [1.54, 1.807) is 6.07 Å². The van der Waals surface area contributed by atoms with Crippen LogP contribution in [0.1, 0.15) is 184 Å².